The van der Waals surface area contributed by atoms with Crippen LogP contribution >= 0.6 is 11.6 Å². The summed E-state index contributed by atoms with van der Waals surface area (Å²) in [6.07, 6.45) is 3.50. The van der Waals surface area contributed by atoms with Gasteiger partial charge in [-0.05, 0) is 37.2 Å². The van der Waals surface area contributed by atoms with Crippen molar-refractivity contribution in [2.75, 3.05) is 0 Å². The van der Waals surface area contributed by atoms with Crippen LogP contribution in [0.4, 0.5) is 0 Å². The fraction of sp³-hybridized carbons (Fsp3) is 0.444. The second-order valence-corrected chi connectivity index (χ2v) is 3.24. The van der Waals surface area contributed by atoms with Crippen molar-refractivity contribution < 1.29 is 4.11 Å². The summed E-state index contributed by atoms with van der Waals surface area (Å²) in [5.74, 6) is 0.312. The molecule has 0 unspecified atom stereocenters. The Morgan fingerprint density at radius 1 is 1.73 bits per heavy atom. The largest absolute Gasteiger partial charge is 0.261 e. The van der Waals surface area contributed by atoms with Crippen LogP contribution in [0.15, 0.2) is 12.3 Å². The molecular formula is C9H10ClN. The molecule has 2 rings (SSSR count). The van der Waals surface area contributed by atoms with Gasteiger partial charge in [0.25, 0.3) is 0 Å². The molecule has 0 amide bonds. The number of pyridine rings is 1. The van der Waals surface area contributed by atoms with Gasteiger partial charge in [0.05, 0.1) is 0 Å². The van der Waals surface area contributed by atoms with Gasteiger partial charge in [0.15, 0.2) is 0 Å². The molecule has 0 radical (unpaired) electrons. The Morgan fingerprint density at radius 3 is 3.18 bits per heavy atom. The van der Waals surface area contributed by atoms with Gasteiger partial charge in [-0.25, -0.2) is 0 Å². The summed E-state index contributed by atoms with van der Waals surface area (Å²) in [5, 5.41) is 0.536. The lowest BCUT2D eigenvalue weighted by Crippen LogP contribution is -1.90. The molecule has 2 heteroatoms. The van der Waals surface area contributed by atoms with E-state index in [0.717, 1.165) is 18.4 Å². The molecule has 0 aliphatic heterocycles. The molecule has 1 heterocycles. The van der Waals surface area contributed by atoms with Crippen molar-refractivity contribution in [1.82, 2.24) is 4.98 Å². The summed E-state index contributed by atoms with van der Waals surface area (Å²) in [4.78, 5) is 3.93. The SMILES string of the molecule is [2H]C([2H])([2H])c1nccc(Cl)c1C1CC1. The molecule has 1 aliphatic rings. The number of halogens is 1. The van der Waals surface area contributed by atoms with Crippen LogP contribution in [0.5, 0.6) is 0 Å². The standard InChI is InChI=1S/C9H10ClN/c1-6-9(7-2-3-7)8(10)4-5-11-6/h4-5,7H,2-3H2,1H3/i1D3. The Labute approximate surface area is 75.6 Å². The first-order valence-corrected chi connectivity index (χ1v) is 4.03. The average molecular weight is 171 g/mol. The Bertz CT molecular complexity index is 358. The van der Waals surface area contributed by atoms with E-state index in [0.29, 0.717) is 10.9 Å². The van der Waals surface area contributed by atoms with Crippen LogP contribution in [0, 0.1) is 6.85 Å². The minimum Gasteiger partial charge on any atom is -0.261 e. The van der Waals surface area contributed by atoms with Gasteiger partial charge in [0, 0.05) is 21.0 Å². The van der Waals surface area contributed by atoms with E-state index >= 15 is 0 Å². The Morgan fingerprint density at radius 2 is 2.55 bits per heavy atom. The molecule has 1 aliphatic carbocycles. The summed E-state index contributed by atoms with van der Waals surface area (Å²) in [6.45, 7) is -2.15. The third-order valence-electron chi connectivity index (χ3n) is 1.92. The molecule has 0 bridgehead atoms. The molecule has 1 aromatic rings. The maximum absolute atomic E-state index is 7.34. The van der Waals surface area contributed by atoms with Gasteiger partial charge in [-0.2, -0.15) is 0 Å². The van der Waals surface area contributed by atoms with Crippen LogP contribution in [0.1, 0.15) is 34.1 Å². The molecular weight excluding hydrogens is 158 g/mol. The topological polar surface area (TPSA) is 12.9 Å². The van der Waals surface area contributed by atoms with Gasteiger partial charge in [-0.15, -0.1) is 0 Å². The highest BCUT2D eigenvalue weighted by molar-refractivity contribution is 6.31. The maximum Gasteiger partial charge on any atom is 0.0474 e. The number of aryl methyl sites for hydroxylation is 1. The van der Waals surface area contributed by atoms with Crippen LogP contribution in [0.25, 0.3) is 0 Å². The number of hydrogen-bond acceptors (Lipinski definition) is 1. The Hall–Kier alpha value is -0.560. The van der Waals surface area contributed by atoms with Crippen molar-refractivity contribution in [3.05, 3.63) is 28.5 Å². The predicted octanol–water partition coefficient (Wildman–Crippen LogP) is 2.92. The first-order chi connectivity index (χ1) is 6.50. The van der Waals surface area contributed by atoms with Crippen LogP contribution in [-0.2, 0) is 0 Å². The zero-order valence-corrected chi connectivity index (χ0v) is 6.73. The van der Waals surface area contributed by atoms with Gasteiger partial charge < -0.3 is 0 Å². The number of aromatic nitrogens is 1. The zero-order valence-electron chi connectivity index (χ0n) is 8.97. The molecule has 1 aromatic heterocycles. The molecule has 0 saturated heterocycles. The van der Waals surface area contributed by atoms with Gasteiger partial charge >= 0.3 is 0 Å². The number of rotatable bonds is 1. The minimum absolute atomic E-state index is 0.174. The van der Waals surface area contributed by atoms with E-state index < -0.39 is 6.85 Å². The van der Waals surface area contributed by atoms with Crippen LogP contribution < -0.4 is 0 Å². The predicted molar refractivity (Wildman–Crippen MR) is 46.0 cm³/mol. The fourth-order valence-electron chi connectivity index (χ4n) is 1.21. The van der Waals surface area contributed by atoms with Crippen LogP contribution in [0.3, 0.4) is 0 Å². The molecule has 1 fully saturated rings. The van der Waals surface area contributed by atoms with Gasteiger partial charge in [0.1, 0.15) is 0 Å². The van der Waals surface area contributed by atoms with E-state index in [4.69, 9.17) is 15.7 Å². The van der Waals surface area contributed by atoms with Crippen molar-refractivity contribution in [3.63, 3.8) is 0 Å². The lowest BCUT2D eigenvalue weighted by molar-refractivity contribution is 1.04. The fourth-order valence-corrected chi connectivity index (χ4v) is 1.51. The smallest absolute Gasteiger partial charge is 0.0474 e. The van der Waals surface area contributed by atoms with Crippen molar-refractivity contribution in [2.45, 2.75) is 25.6 Å². The van der Waals surface area contributed by atoms with E-state index in [2.05, 4.69) is 4.98 Å². The van der Waals surface area contributed by atoms with E-state index in [1.807, 2.05) is 0 Å². The van der Waals surface area contributed by atoms with Crippen molar-refractivity contribution in [2.24, 2.45) is 0 Å². The first-order valence-electron chi connectivity index (χ1n) is 5.15. The van der Waals surface area contributed by atoms with Crippen molar-refractivity contribution in [1.29, 1.82) is 0 Å². The summed E-state index contributed by atoms with van der Waals surface area (Å²) in [5.41, 5.74) is 0.904. The molecule has 0 aromatic carbocycles. The molecule has 58 valence electrons. The van der Waals surface area contributed by atoms with Gasteiger partial charge in [-0.3, -0.25) is 4.98 Å². The Kier molecular flexibility index (Phi) is 1.01. The summed E-state index contributed by atoms with van der Waals surface area (Å²) in [7, 11) is 0. The first kappa shape index (κ1) is 4.46. The summed E-state index contributed by atoms with van der Waals surface area (Å²) >= 11 is 5.98. The number of nitrogens with zero attached hydrogens (tertiary/aromatic N) is 1. The van der Waals surface area contributed by atoms with Crippen LogP contribution in [-0.4, -0.2) is 4.98 Å². The molecule has 0 spiro atoms. The lowest BCUT2D eigenvalue weighted by atomic mass is 10.1. The monoisotopic (exact) mass is 170 g/mol. The second kappa shape index (κ2) is 2.49. The highest BCUT2D eigenvalue weighted by Crippen LogP contribution is 2.44. The zero-order chi connectivity index (χ0) is 10.3. The summed E-state index contributed by atoms with van der Waals surface area (Å²) in [6, 6.07) is 1.66. The molecule has 11 heavy (non-hydrogen) atoms. The third-order valence-corrected chi connectivity index (χ3v) is 2.25. The van der Waals surface area contributed by atoms with Gasteiger partial charge in [0.2, 0.25) is 0 Å². The summed E-state index contributed by atoms with van der Waals surface area (Å²) < 4.78 is 22.0. The minimum atomic E-state index is -2.15. The van der Waals surface area contributed by atoms with E-state index in [1.54, 1.807) is 6.07 Å². The quantitative estimate of drug-likeness (QED) is 0.632. The normalized spacial score (nSPS) is 22.1. The lowest BCUT2D eigenvalue weighted by Gasteiger charge is -2.03. The molecule has 0 atom stereocenters. The maximum atomic E-state index is 7.34. The van der Waals surface area contributed by atoms with Crippen molar-refractivity contribution >= 4 is 11.6 Å². The van der Waals surface area contributed by atoms with E-state index in [-0.39, 0.29) is 5.69 Å². The second-order valence-electron chi connectivity index (χ2n) is 2.83. The third kappa shape index (κ3) is 1.25. The Balaban J connectivity index is 2.53. The molecule has 0 N–H and O–H groups in total. The highest BCUT2D eigenvalue weighted by Gasteiger charge is 2.27. The number of hydrogen-bond donors (Lipinski definition) is 0. The highest BCUT2D eigenvalue weighted by atomic mass is 35.5. The van der Waals surface area contributed by atoms with E-state index in [9.17, 15) is 0 Å². The molecule has 1 nitrogen and oxygen atoms in total. The average Bonchev–Trinajstić information content (AvgIpc) is 2.85. The van der Waals surface area contributed by atoms with Crippen molar-refractivity contribution in [3.8, 4) is 0 Å². The van der Waals surface area contributed by atoms with E-state index in [1.165, 1.54) is 6.20 Å². The van der Waals surface area contributed by atoms with Gasteiger partial charge in [-0.1, -0.05) is 11.6 Å². The van der Waals surface area contributed by atoms with Crippen LogP contribution in [0.2, 0.25) is 5.02 Å². The molecule has 1 saturated carbocycles.